The van der Waals surface area contributed by atoms with Crippen LogP contribution >= 0.6 is 0 Å². The summed E-state index contributed by atoms with van der Waals surface area (Å²) in [7, 11) is 0. The highest BCUT2D eigenvalue weighted by Crippen LogP contribution is 2.50. The molecule has 0 aliphatic carbocycles. The molecule has 6 rings (SSSR count). The molecule has 0 unspecified atom stereocenters. The number of piperidine rings is 1. The predicted octanol–water partition coefficient (Wildman–Crippen LogP) is 5.49. The summed E-state index contributed by atoms with van der Waals surface area (Å²) >= 11 is 0. The number of halogens is 4. The average Bonchev–Trinajstić information content (AvgIpc) is 3.37. The number of ether oxygens (including phenoxy) is 1. The zero-order chi connectivity index (χ0) is 26.6. The number of rotatable bonds is 3. The van der Waals surface area contributed by atoms with Gasteiger partial charge >= 0.3 is 0 Å². The number of hydrogen-bond donors (Lipinski definition) is 2. The Morgan fingerprint density at radius 2 is 1.82 bits per heavy atom. The highest BCUT2D eigenvalue weighted by Gasteiger charge is 2.37. The lowest BCUT2D eigenvalue weighted by molar-refractivity contribution is -0.0220. The normalized spacial score (nSPS) is 17.9. The van der Waals surface area contributed by atoms with Crippen LogP contribution in [0.1, 0.15) is 35.7 Å². The fraction of sp³-hybridized carbons (Fsp3) is 0.222. The van der Waals surface area contributed by atoms with Crippen LogP contribution in [-0.2, 0) is 0 Å². The number of anilines is 1. The van der Waals surface area contributed by atoms with Gasteiger partial charge in [0.2, 0.25) is 5.95 Å². The number of nitrogens with zero attached hydrogens (tertiary/aromatic N) is 4. The largest absolute Gasteiger partial charge is 0.454 e. The van der Waals surface area contributed by atoms with Crippen molar-refractivity contribution in [3.8, 4) is 22.6 Å². The average molecular weight is 523 g/mol. The van der Waals surface area contributed by atoms with E-state index in [0.717, 1.165) is 0 Å². The Bertz CT molecular complexity index is 1560. The SMILES string of the molecule is N=C(N)n1ccnc1[C@@H]1c2cc(-c3cccnc3F)ccc2Oc2c(F)cc(N3CCC(F)(F)CC3)cc21. The monoisotopic (exact) mass is 522 g/mol. The zero-order valence-electron chi connectivity index (χ0n) is 20.0. The van der Waals surface area contributed by atoms with Gasteiger partial charge in [-0.15, -0.1) is 0 Å². The van der Waals surface area contributed by atoms with Crippen molar-refractivity contribution in [1.29, 1.82) is 5.41 Å². The molecule has 1 fully saturated rings. The number of aromatic nitrogens is 3. The molecule has 194 valence electrons. The van der Waals surface area contributed by atoms with Crippen molar-refractivity contribution in [3.63, 3.8) is 0 Å². The number of alkyl halides is 2. The van der Waals surface area contributed by atoms with Crippen LogP contribution < -0.4 is 15.4 Å². The Hall–Kier alpha value is -4.41. The van der Waals surface area contributed by atoms with Gasteiger partial charge in [0, 0.05) is 73.0 Å². The Balaban J connectivity index is 1.53. The second-order valence-corrected chi connectivity index (χ2v) is 9.36. The first-order valence-corrected chi connectivity index (χ1v) is 12.0. The van der Waals surface area contributed by atoms with E-state index >= 15 is 4.39 Å². The Morgan fingerprint density at radius 3 is 2.55 bits per heavy atom. The molecule has 2 aromatic heterocycles. The van der Waals surface area contributed by atoms with Crippen molar-refractivity contribution >= 4 is 11.6 Å². The molecule has 4 heterocycles. The minimum absolute atomic E-state index is 0.0352. The summed E-state index contributed by atoms with van der Waals surface area (Å²) in [5.74, 6) is -4.49. The maximum absolute atomic E-state index is 15.6. The van der Waals surface area contributed by atoms with Gasteiger partial charge in [-0.1, -0.05) is 6.07 Å². The molecule has 1 atom stereocenters. The molecule has 1 saturated heterocycles. The minimum atomic E-state index is -2.75. The summed E-state index contributed by atoms with van der Waals surface area (Å²) in [6, 6.07) is 11.2. The van der Waals surface area contributed by atoms with Gasteiger partial charge in [-0.25, -0.2) is 23.1 Å². The van der Waals surface area contributed by atoms with E-state index < -0.39 is 23.6 Å². The second-order valence-electron chi connectivity index (χ2n) is 9.36. The summed E-state index contributed by atoms with van der Waals surface area (Å²) in [5.41, 5.74) is 7.97. The van der Waals surface area contributed by atoms with Crippen molar-refractivity contribution in [1.82, 2.24) is 14.5 Å². The smallest absolute Gasteiger partial charge is 0.251 e. The number of pyridine rings is 1. The van der Waals surface area contributed by atoms with E-state index in [4.69, 9.17) is 15.9 Å². The molecule has 4 aromatic rings. The van der Waals surface area contributed by atoms with Crippen LogP contribution in [-0.4, -0.2) is 39.5 Å². The summed E-state index contributed by atoms with van der Waals surface area (Å²) in [5, 5.41) is 8.02. The molecule has 0 amide bonds. The van der Waals surface area contributed by atoms with E-state index in [1.165, 1.54) is 29.2 Å². The molecule has 0 saturated carbocycles. The maximum atomic E-state index is 15.6. The number of nitrogen functional groups attached to an aromatic ring is 1. The Labute approximate surface area is 215 Å². The van der Waals surface area contributed by atoms with Crippen molar-refractivity contribution < 1.29 is 22.3 Å². The quantitative estimate of drug-likeness (QED) is 0.142. The number of imidazole rings is 1. The third kappa shape index (κ3) is 4.04. The van der Waals surface area contributed by atoms with Crippen LogP contribution in [0.15, 0.2) is 61.1 Å². The topological polar surface area (TPSA) is 93.0 Å². The summed E-state index contributed by atoms with van der Waals surface area (Å²) in [6.45, 7) is 0.139. The van der Waals surface area contributed by atoms with E-state index in [2.05, 4.69) is 9.97 Å². The summed E-state index contributed by atoms with van der Waals surface area (Å²) in [4.78, 5) is 9.88. The molecule has 38 heavy (non-hydrogen) atoms. The van der Waals surface area contributed by atoms with Gasteiger partial charge in [0.1, 0.15) is 11.6 Å². The molecular formula is C27H22F4N6O. The number of nitrogens with one attached hydrogen (secondary N) is 1. The van der Waals surface area contributed by atoms with Crippen molar-refractivity contribution in [2.45, 2.75) is 24.7 Å². The summed E-state index contributed by atoms with van der Waals surface area (Å²) in [6.07, 6.45) is 3.68. The lowest BCUT2D eigenvalue weighted by atomic mass is 9.85. The van der Waals surface area contributed by atoms with Gasteiger partial charge in [-0.2, -0.15) is 4.39 Å². The van der Waals surface area contributed by atoms with E-state index in [-0.39, 0.29) is 43.2 Å². The summed E-state index contributed by atoms with van der Waals surface area (Å²) < 4.78 is 65.0. The van der Waals surface area contributed by atoms with E-state index in [9.17, 15) is 13.2 Å². The molecule has 2 aliphatic rings. The van der Waals surface area contributed by atoms with Crippen LogP contribution in [0, 0.1) is 17.2 Å². The van der Waals surface area contributed by atoms with Gasteiger partial charge in [-0.05, 0) is 35.9 Å². The van der Waals surface area contributed by atoms with Crippen LogP contribution in [0.5, 0.6) is 11.5 Å². The first-order chi connectivity index (χ1) is 18.2. The van der Waals surface area contributed by atoms with E-state index in [1.54, 1.807) is 41.3 Å². The fourth-order valence-corrected chi connectivity index (χ4v) is 5.12. The van der Waals surface area contributed by atoms with Crippen LogP contribution in [0.3, 0.4) is 0 Å². The van der Waals surface area contributed by atoms with Crippen molar-refractivity contribution in [3.05, 3.63) is 89.8 Å². The van der Waals surface area contributed by atoms with Gasteiger partial charge in [0.15, 0.2) is 17.5 Å². The lowest BCUT2D eigenvalue weighted by Crippen LogP contribution is -2.39. The number of nitrogens with two attached hydrogens (primary N) is 1. The van der Waals surface area contributed by atoms with Crippen LogP contribution in [0.25, 0.3) is 11.1 Å². The van der Waals surface area contributed by atoms with Gasteiger partial charge in [0.05, 0.1) is 5.92 Å². The number of benzene rings is 2. The second kappa shape index (κ2) is 8.86. The van der Waals surface area contributed by atoms with Gasteiger partial charge < -0.3 is 15.4 Å². The number of hydrogen-bond acceptors (Lipinski definition) is 5. The molecule has 7 nitrogen and oxygen atoms in total. The lowest BCUT2D eigenvalue weighted by Gasteiger charge is -2.35. The van der Waals surface area contributed by atoms with Crippen LogP contribution in [0.4, 0.5) is 23.2 Å². The van der Waals surface area contributed by atoms with Crippen LogP contribution in [0.2, 0.25) is 0 Å². The molecule has 3 N–H and O–H groups in total. The Morgan fingerprint density at radius 1 is 1.03 bits per heavy atom. The first kappa shape index (κ1) is 24.0. The van der Waals surface area contributed by atoms with E-state index in [1.807, 2.05) is 0 Å². The van der Waals surface area contributed by atoms with E-state index in [0.29, 0.717) is 34.0 Å². The van der Waals surface area contributed by atoms with Gasteiger partial charge in [0.25, 0.3) is 5.92 Å². The fourth-order valence-electron chi connectivity index (χ4n) is 5.12. The predicted molar refractivity (Wildman–Crippen MR) is 133 cm³/mol. The Kier molecular flexibility index (Phi) is 5.59. The zero-order valence-corrected chi connectivity index (χ0v) is 20.0. The molecule has 2 aromatic carbocycles. The molecule has 0 spiro atoms. The number of fused-ring (bicyclic) bond motifs is 2. The molecule has 0 bridgehead atoms. The minimum Gasteiger partial charge on any atom is -0.454 e. The highest BCUT2D eigenvalue weighted by atomic mass is 19.3. The van der Waals surface area contributed by atoms with Crippen molar-refractivity contribution in [2.24, 2.45) is 5.73 Å². The third-order valence-corrected chi connectivity index (χ3v) is 7.02. The third-order valence-electron chi connectivity index (χ3n) is 7.02. The maximum Gasteiger partial charge on any atom is 0.251 e. The first-order valence-electron chi connectivity index (χ1n) is 12.0. The molecule has 2 aliphatic heterocycles. The van der Waals surface area contributed by atoms with Gasteiger partial charge in [-0.3, -0.25) is 9.98 Å². The highest BCUT2D eigenvalue weighted by molar-refractivity contribution is 5.79. The standard InChI is InChI=1S/C27H22F4N6O/c28-20-14-16(36-9-5-27(30,31)6-10-36)13-19-22(25-35-8-11-37(25)26(32)33)18-12-15(3-4-21(18)38-23(19)20)17-2-1-7-34-24(17)29/h1-4,7-8,11-14,22H,5-6,9-10H2,(H3,32,33)/t22-/m1/s1. The van der Waals surface area contributed by atoms with Crippen molar-refractivity contribution in [2.75, 3.05) is 18.0 Å². The molecule has 11 heteroatoms. The molecule has 0 radical (unpaired) electrons. The molecular weight excluding hydrogens is 500 g/mol.